The molecule has 4 aromatic carbocycles. The fourth-order valence-corrected chi connectivity index (χ4v) is 9.95. The molecule has 0 aliphatic rings. The summed E-state index contributed by atoms with van der Waals surface area (Å²) in [6.45, 7) is 13.4. The number of hydrogen-bond acceptors (Lipinski definition) is 2. The number of nitrogens with zero attached hydrogens (tertiary/aromatic N) is 2. The van der Waals surface area contributed by atoms with Crippen LogP contribution in [0.4, 0.5) is 0 Å². The van der Waals surface area contributed by atoms with Crippen molar-refractivity contribution in [3.8, 4) is 0 Å². The molecule has 0 N–H and O–H groups in total. The molecule has 4 rings (SSSR count). The molecule has 0 aliphatic heterocycles. The van der Waals surface area contributed by atoms with Gasteiger partial charge in [0.25, 0.3) is 0 Å². The van der Waals surface area contributed by atoms with Crippen molar-refractivity contribution in [1.29, 1.82) is 0 Å². The van der Waals surface area contributed by atoms with Crippen LogP contribution in [0, 0.1) is 0 Å². The van der Waals surface area contributed by atoms with Gasteiger partial charge in [0.1, 0.15) is 0 Å². The van der Waals surface area contributed by atoms with E-state index in [2.05, 4.69) is 158 Å². The maximum atomic E-state index is 2.59. The molecular weight excluding hydrogens is 534 g/mol. The summed E-state index contributed by atoms with van der Waals surface area (Å²) in [4.78, 5) is 0. The van der Waals surface area contributed by atoms with Gasteiger partial charge in [-0.25, -0.2) is 0 Å². The summed E-state index contributed by atoms with van der Waals surface area (Å²) in [5.41, 5.74) is 0. The van der Waals surface area contributed by atoms with E-state index in [-0.39, 0.29) is 19.5 Å². The molecule has 37 heavy (non-hydrogen) atoms. The van der Waals surface area contributed by atoms with E-state index in [1.807, 2.05) is 0 Å². The molecule has 0 spiro atoms. The standard InChI is InChI=1S/2C16H20NSi.Zn/c2*1-3-17(4-2)18(15-11-7-5-8-12-15)16-13-9-6-10-14-16;/h2*5-14H,3-4H2,1-2H3;. The number of benzene rings is 4. The molecule has 4 aromatic rings. The van der Waals surface area contributed by atoms with Crippen molar-refractivity contribution in [1.82, 2.24) is 9.13 Å². The van der Waals surface area contributed by atoms with E-state index in [0.29, 0.717) is 0 Å². The first-order chi connectivity index (χ1) is 17.7. The van der Waals surface area contributed by atoms with E-state index < -0.39 is 17.9 Å². The van der Waals surface area contributed by atoms with Crippen LogP contribution in [0.15, 0.2) is 121 Å². The quantitative estimate of drug-likeness (QED) is 0.262. The van der Waals surface area contributed by atoms with Crippen LogP contribution in [-0.4, -0.2) is 53.2 Å². The van der Waals surface area contributed by atoms with Gasteiger partial charge in [0.05, 0.1) is 0 Å². The Morgan fingerprint density at radius 1 is 0.378 bits per heavy atom. The Balaban J connectivity index is 0.000000253. The van der Waals surface area contributed by atoms with Crippen LogP contribution in [0.1, 0.15) is 27.7 Å². The average Bonchev–Trinajstić information content (AvgIpc) is 2.96. The topological polar surface area (TPSA) is 6.48 Å². The third kappa shape index (κ3) is 8.98. The Morgan fingerprint density at radius 2 is 0.568 bits per heavy atom. The summed E-state index contributed by atoms with van der Waals surface area (Å²) in [6, 6.07) is 43.6. The minimum absolute atomic E-state index is 0. The molecule has 0 saturated heterocycles. The summed E-state index contributed by atoms with van der Waals surface area (Å²) >= 11 is 0. The summed E-state index contributed by atoms with van der Waals surface area (Å²) in [7, 11) is -1.61. The monoisotopic (exact) mass is 572 g/mol. The van der Waals surface area contributed by atoms with Gasteiger partial charge in [-0.05, 0) is 46.9 Å². The van der Waals surface area contributed by atoms with Gasteiger partial charge >= 0.3 is 0 Å². The average molecular weight is 574 g/mol. The van der Waals surface area contributed by atoms with Crippen LogP contribution in [0.3, 0.4) is 0 Å². The predicted octanol–water partition coefficient (Wildman–Crippen LogP) is 4.27. The maximum absolute atomic E-state index is 2.59. The first kappa shape index (κ1) is 31.1. The van der Waals surface area contributed by atoms with Crippen LogP contribution >= 0.6 is 0 Å². The molecule has 0 aliphatic carbocycles. The molecule has 5 heteroatoms. The van der Waals surface area contributed by atoms with Crippen molar-refractivity contribution in [2.45, 2.75) is 27.7 Å². The summed E-state index contributed by atoms with van der Waals surface area (Å²) in [6.07, 6.45) is 0. The second-order valence-corrected chi connectivity index (χ2v) is 13.5. The van der Waals surface area contributed by atoms with E-state index in [4.69, 9.17) is 0 Å². The first-order valence-electron chi connectivity index (χ1n) is 13.2. The van der Waals surface area contributed by atoms with Gasteiger partial charge < -0.3 is 9.13 Å². The van der Waals surface area contributed by atoms with Gasteiger partial charge in [0.2, 0.25) is 17.9 Å². The molecule has 0 unspecified atom stereocenters. The Hall–Kier alpha value is -2.14. The van der Waals surface area contributed by atoms with Gasteiger partial charge in [0.15, 0.2) is 0 Å². The van der Waals surface area contributed by atoms with E-state index in [1.54, 1.807) is 0 Å². The molecule has 0 atom stereocenters. The second-order valence-electron chi connectivity index (χ2n) is 8.51. The van der Waals surface area contributed by atoms with Crippen LogP contribution in [0.5, 0.6) is 0 Å². The third-order valence-electron chi connectivity index (χ3n) is 6.35. The smallest absolute Gasteiger partial charge is 0.209 e. The maximum Gasteiger partial charge on any atom is 0.209 e. The van der Waals surface area contributed by atoms with Gasteiger partial charge in [0, 0.05) is 19.5 Å². The Morgan fingerprint density at radius 3 is 0.730 bits per heavy atom. The zero-order valence-electron chi connectivity index (χ0n) is 23.0. The van der Waals surface area contributed by atoms with Crippen LogP contribution in [-0.2, 0) is 19.5 Å². The second kappa shape index (κ2) is 17.4. The molecule has 0 aromatic heterocycles. The molecule has 0 amide bonds. The van der Waals surface area contributed by atoms with Crippen molar-refractivity contribution in [3.63, 3.8) is 0 Å². The first-order valence-corrected chi connectivity index (χ1v) is 16.1. The predicted molar refractivity (Wildman–Crippen MR) is 162 cm³/mol. The van der Waals surface area contributed by atoms with Gasteiger partial charge in [-0.15, -0.1) is 0 Å². The van der Waals surface area contributed by atoms with Crippen LogP contribution in [0.25, 0.3) is 0 Å². The van der Waals surface area contributed by atoms with Gasteiger partial charge in [-0.1, -0.05) is 149 Å². The summed E-state index contributed by atoms with van der Waals surface area (Å²) in [5, 5.41) is 5.88. The fraction of sp³-hybridized carbons (Fsp3) is 0.250. The van der Waals surface area contributed by atoms with Crippen molar-refractivity contribution in [2.24, 2.45) is 0 Å². The van der Waals surface area contributed by atoms with Crippen molar-refractivity contribution in [3.05, 3.63) is 121 Å². The number of hydrogen-bond donors (Lipinski definition) is 0. The SMILES string of the molecule is CCN(CC)[Si](c1ccccc1)c1ccccc1.CCN(CC)[Si](c1ccccc1)c1ccccc1.[Zn]. The Labute approximate surface area is 241 Å². The van der Waals surface area contributed by atoms with Crippen molar-refractivity contribution >= 4 is 38.7 Å². The zero-order valence-corrected chi connectivity index (χ0v) is 27.9. The summed E-state index contributed by atoms with van der Waals surface area (Å²) in [5.74, 6) is 0. The van der Waals surface area contributed by atoms with E-state index in [9.17, 15) is 0 Å². The summed E-state index contributed by atoms with van der Waals surface area (Å²) < 4.78 is 5.19. The molecule has 0 saturated carbocycles. The Kier molecular flexibility index (Phi) is 14.6. The van der Waals surface area contributed by atoms with Crippen molar-refractivity contribution < 1.29 is 19.5 Å². The molecule has 0 fully saturated rings. The molecule has 188 valence electrons. The largest absolute Gasteiger partial charge is 0.318 e. The molecule has 0 bridgehead atoms. The Bertz CT molecular complexity index is 921. The van der Waals surface area contributed by atoms with Gasteiger partial charge in [-0.3, -0.25) is 0 Å². The van der Waals surface area contributed by atoms with E-state index in [1.165, 1.54) is 20.7 Å². The molecule has 2 radical (unpaired) electrons. The normalized spacial score (nSPS) is 10.8. The van der Waals surface area contributed by atoms with Gasteiger partial charge in [-0.2, -0.15) is 0 Å². The number of rotatable bonds is 10. The minimum Gasteiger partial charge on any atom is -0.318 e. The molecular formula is C32H40N2Si2Zn. The van der Waals surface area contributed by atoms with Crippen LogP contribution in [0.2, 0.25) is 0 Å². The minimum atomic E-state index is -0.807. The van der Waals surface area contributed by atoms with Crippen LogP contribution < -0.4 is 20.7 Å². The van der Waals surface area contributed by atoms with Crippen molar-refractivity contribution in [2.75, 3.05) is 26.2 Å². The van der Waals surface area contributed by atoms with E-state index >= 15 is 0 Å². The van der Waals surface area contributed by atoms with E-state index in [0.717, 1.165) is 26.2 Å². The third-order valence-corrected chi connectivity index (χ3v) is 12.4. The molecule has 0 heterocycles. The fourth-order valence-electron chi connectivity index (χ4n) is 4.53. The zero-order chi connectivity index (χ0) is 25.6. The molecule has 2 nitrogen and oxygen atoms in total.